The zero-order valence-corrected chi connectivity index (χ0v) is 57.2. The van der Waals surface area contributed by atoms with E-state index in [1.54, 1.807) is 77.2 Å². The lowest BCUT2D eigenvalue weighted by Crippen LogP contribution is -2.65. The minimum absolute atomic E-state index is 0.0284. The van der Waals surface area contributed by atoms with Crippen LogP contribution in [0.3, 0.4) is 0 Å². The fourth-order valence-electron chi connectivity index (χ4n) is 12.4. The van der Waals surface area contributed by atoms with Crippen molar-refractivity contribution in [2.75, 3.05) is 101 Å². The molecule has 4 aliphatic heterocycles. The lowest BCUT2D eigenvalue weighted by Gasteiger charge is -2.48. The van der Waals surface area contributed by atoms with Crippen LogP contribution >= 0.6 is 0 Å². The molecule has 91 heavy (non-hydrogen) atoms. The number of amides is 3. The molecule has 0 bridgehead atoms. The zero-order chi connectivity index (χ0) is 66.3. The van der Waals surface area contributed by atoms with Gasteiger partial charge in [0.1, 0.15) is 28.2 Å². The van der Waals surface area contributed by atoms with Gasteiger partial charge in [0, 0.05) is 144 Å². The number of rotatable bonds is 17. The maximum Gasteiger partial charge on any atom is 0.435 e. The van der Waals surface area contributed by atoms with Gasteiger partial charge in [0.05, 0.1) is 63.5 Å². The standard InChI is InChI=1S/C66H96N14O10S/c1-17-19-54(81)46-28-53-58(67-32-46)66(15,16)40-79(53)57(82)39-77-36-43(3)78(61(84)89-63(6,7)8)38-48(77)37-75-25-26-76(35-42(75)2)60-68-33-47(34-69-60)59(83)74-23-21-73(22-24-74)20-18-27-88-55-31-51-49(29-56(55)91(86,87)65(12,13)14)50(70-41-71-51)30-52-44(4)45(5)72-80(52)62(85)90-64(9,10)11/h28-29,31-34,41-43,48,54,81H,17-27,30,35-40H2,1-16H3/t42-,43-,48+,54?/m1/s1. The van der Waals surface area contributed by atoms with Crippen LogP contribution in [-0.2, 0) is 35.9 Å². The molecule has 0 aliphatic carbocycles. The first-order valence-electron chi connectivity index (χ1n) is 32.1. The lowest BCUT2D eigenvalue weighted by atomic mass is 9.91. The number of benzene rings is 1. The molecule has 4 aromatic heterocycles. The van der Waals surface area contributed by atoms with Gasteiger partial charge in [0.25, 0.3) is 5.91 Å². The van der Waals surface area contributed by atoms with Crippen LogP contribution in [-0.4, -0.2) is 222 Å². The van der Waals surface area contributed by atoms with E-state index in [1.807, 2.05) is 64.3 Å². The van der Waals surface area contributed by atoms with Gasteiger partial charge >= 0.3 is 12.2 Å². The first kappa shape index (κ1) is 68.4. The van der Waals surface area contributed by atoms with E-state index >= 15 is 0 Å². The Hall–Kier alpha value is -6.93. The first-order valence-corrected chi connectivity index (χ1v) is 33.6. The summed E-state index contributed by atoms with van der Waals surface area (Å²) in [4.78, 5) is 93.3. The highest BCUT2D eigenvalue weighted by molar-refractivity contribution is 7.92. The summed E-state index contributed by atoms with van der Waals surface area (Å²) >= 11 is 0. The number of aromatic nitrogens is 7. The molecule has 8 heterocycles. The number of nitrogens with zero attached hydrogens (tertiary/aromatic N) is 14. The summed E-state index contributed by atoms with van der Waals surface area (Å²) in [5.74, 6) is 0.540. The number of piperazine rings is 3. The first-order chi connectivity index (χ1) is 42.6. The van der Waals surface area contributed by atoms with Crippen LogP contribution in [0.4, 0.5) is 21.2 Å². The number of hydrogen-bond donors (Lipinski definition) is 1. The average Bonchev–Trinajstić information content (AvgIpc) is 1.74. The Bertz CT molecular complexity index is 3590. The number of carbonyl (C=O) groups is 4. The van der Waals surface area contributed by atoms with Crippen LogP contribution in [0.15, 0.2) is 48.0 Å². The molecule has 1 aromatic carbocycles. The number of sulfone groups is 1. The van der Waals surface area contributed by atoms with Gasteiger partial charge in [0.2, 0.25) is 11.9 Å². The summed E-state index contributed by atoms with van der Waals surface area (Å²) in [6.45, 7) is 37.2. The molecule has 3 fully saturated rings. The van der Waals surface area contributed by atoms with Crippen LogP contribution in [0.25, 0.3) is 10.9 Å². The van der Waals surface area contributed by atoms with E-state index < -0.39 is 38.0 Å². The topological polar surface area (TPSA) is 255 Å². The Morgan fingerprint density at radius 3 is 2.12 bits per heavy atom. The summed E-state index contributed by atoms with van der Waals surface area (Å²) in [7, 11) is -3.93. The van der Waals surface area contributed by atoms with Crippen molar-refractivity contribution in [1.82, 2.24) is 59.2 Å². The molecular formula is C66H96N14O10S. The second kappa shape index (κ2) is 27.0. The van der Waals surface area contributed by atoms with Gasteiger partial charge in [-0.05, 0) is 121 Å². The molecule has 0 saturated carbocycles. The van der Waals surface area contributed by atoms with Crippen molar-refractivity contribution < 1.29 is 46.9 Å². The fourth-order valence-corrected chi connectivity index (χ4v) is 13.7. The Balaban J connectivity index is 0.788. The Labute approximate surface area is 536 Å². The van der Waals surface area contributed by atoms with Crippen molar-refractivity contribution in [3.63, 3.8) is 0 Å². The quantitative estimate of drug-likeness (QED) is 0.0872. The predicted octanol–water partition coefficient (Wildman–Crippen LogP) is 7.78. The minimum atomic E-state index is -3.93. The highest BCUT2D eigenvalue weighted by Crippen LogP contribution is 2.41. The smallest absolute Gasteiger partial charge is 0.435 e. The Kier molecular flexibility index (Phi) is 20.3. The summed E-state index contributed by atoms with van der Waals surface area (Å²) in [6, 6.07) is 4.83. The summed E-state index contributed by atoms with van der Waals surface area (Å²) in [6.07, 6.45) is 6.89. The predicted molar refractivity (Wildman–Crippen MR) is 348 cm³/mol. The van der Waals surface area contributed by atoms with E-state index in [0.29, 0.717) is 136 Å². The van der Waals surface area contributed by atoms with Crippen LogP contribution in [0.2, 0.25) is 0 Å². The van der Waals surface area contributed by atoms with Gasteiger partial charge in [0.15, 0.2) is 9.84 Å². The van der Waals surface area contributed by atoms with E-state index in [1.165, 1.54) is 11.0 Å². The highest BCUT2D eigenvalue weighted by Gasteiger charge is 2.44. The second-order valence-electron chi connectivity index (χ2n) is 28.7. The van der Waals surface area contributed by atoms with Crippen molar-refractivity contribution in [1.29, 1.82) is 0 Å². The van der Waals surface area contributed by atoms with Gasteiger partial charge in [-0.15, -0.1) is 0 Å². The summed E-state index contributed by atoms with van der Waals surface area (Å²) in [5.41, 5.74) is 3.93. The molecule has 9 rings (SSSR count). The average molecular weight is 1280 g/mol. The summed E-state index contributed by atoms with van der Waals surface area (Å²) < 4.78 is 46.5. The van der Waals surface area contributed by atoms with Crippen molar-refractivity contribution in [3.05, 3.63) is 82.6 Å². The van der Waals surface area contributed by atoms with Gasteiger partial charge in [-0.25, -0.2) is 37.9 Å². The number of aliphatic hydroxyl groups is 1. The van der Waals surface area contributed by atoms with Gasteiger partial charge in [-0.1, -0.05) is 27.2 Å². The molecule has 0 spiro atoms. The molecule has 3 amide bonds. The largest absolute Gasteiger partial charge is 0.492 e. The van der Waals surface area contributed by atoms with Crippen LogP contribution in [0.1, 0.15) is 167 Å². The molecule has 0 radical (unpaired) electrons. The number of anilines is 2. The maximum absolute atomic E-state index is 14.6. The van der Waals surface area contributed by atoms with E-state index in [-0.39, 0.29) is 71.7 Å². The van der Waals surface area contributed by atoms with E-state index in [2.05, 4.69) is 55.4 Å². The Morgan fingerprint density at radius 1 is 0.791 bits per heavy atom. The number of aryl methyl sites for hydroxylation is 1. The maximum atomic E-state index is 14.6. The Morgan fingerprint density at radius 2 is 1.47 bits per heavy atom. The number of ether oxygens (including phenoxy) is 3. The second-order valence-corrected chi connectivity index (χ2v) is 31.4. The number of aliphatic hydroxyl groups excluding tert-OH is 1. The van der Waals surface area contributed by atoms with Crippen molar-refractivity contribution in [2.24, 2.45) is 0 Å². The third-order valence-electron chi connectivity index (χ3n) is 17.7. The van der Waals surface area contributed by atoms with E-state index in [0.717, 1.165) is 23.4 Å². The van der Waals surface area contributed by atoms with Gasteiger partial charge < -0.3 is 38.9 Å². The zero-order valence-electron chi connectivity index (χ0n) is 56.4. The molecule has 3 saturated heterocycles. The normalized spacial score (nSPS) is 20.0. The van der Waals surface area contributed by atoms with Gasteiger partial charge in [-0.2, -0.15) is 9.78 Å². The molecule has 24 nitrogen and oxygen atoms in total. The van der Waals surface area contributed by atoms with E-state index in [9.17, 15) is 32.7 Å². The number of pyridine rings is 1. The lowest BCUT2D eigenvalue weighted by molar-refractivity contribution is -0.121. The van der Waals surface area contributed by atoms with Crippen LogP contribution < -0.4 is 14.5 Å². The third-order valence-corrected chi connectivity index (χ3v) is 20.2. The number of carbonyl (C=O) groups excluding carboxylic acids is 4. The summed E-state index contributed by atoms with van der Waals surface area (Å²) in [5, 5.41) is 15.9. The molecule has 5 aromatic rings. The SMILES string of the molecule is CCCC(O)c1cnc2c(c1)N(C(=O)CN1C[C@@H](C)N(C(=O)OC(C)(C)C)C[C@@H]1CN1CCN(c3ncc(C(=O)N4CCN(CCCOc5cc6ncnc(Cc7c(C)c(C)nn7C(=O)OC(C)(C)C)c6cc5S(=O)(=O)C(C)(C)C)CC4)cn3)C[C@H]1C)CC2(C)C. The molecule has 1 unspecified atom stereocenters. The van der Waals surface area contributed by atoms with Gasteiger partial charge in [-0.3, -0.25) is 29.3 Å². The van der Waals surface area contributed by atoms with Crippen LogP contribution in [0.5, 0.6) is 5.75 Å². The molecular weight excluding hydrogens is 1180 g/mol. The monoisotopic (exact) mass is 1280 g/mol. The number of fused-ring (bicyclic) bond motifs is 2. The highest BCUT2D eigenvalue weighted by atomic mass is 32.2. The molecule has 1 N–H and O–H groups in total. The minimum Gasteiger partial charge on any atom is -0.492 e. The van der Waals surface area contributed by atoms with Crippen LogP contribution in [0, 0.1) is 13.8 Å². The van der Waals surface area contributed by atoms with Crippen molar-refractivity contribution in [3.8, 4) is 5.75 Å². The number of hydrogen-bond acceptors (Lipinski definition) is 20. The van der Waals surface area contributed by atoms with Crippen molar-refractivity contribution >= 4 is 56.4 Å². The molecule has 4 atom stereocenters. The molecule has 4 aliphatic rings. The third kappa shape index (κ3) is 15.6. The molecule has 25 heteroatoms. The van der Waals surface area contributed by atoms with E-state index in [4.69, 9.17) is 29.2 Å². The molecule has 496 valence electrons. The van der Waals surface area contributed by atoms with Crippen molar-refractivity contribution in [2.45, 2.75) is 187 Å². The fraction of sp³-hybridized carbons (Fsp3) is 0.636.